The van der Waals surface area contributed by atoms with E-state index < -0.39 is 12.1 Å². The van der Waals surface area contributed by atoms with Gasteiger partial charge in [0, 0.05) is 37.9 Å². The van der Waals surface area contributed by atoms with Crippen molar-refractivity contribution in [3.05, 3.63) is 47.8 Å². The molecule has 2 aliphatic heterocycles. The van der Waals surface area contributed by atoms with E-state index in [1.54, 1.807) is 6.20 Å². The highest BCUT2D eigenvalue weighted by Gasteiger charge is 2.26. The van der Waals surface area contributed by atoms with Gasteiger partial charge in [-0.1, -0.05) is 18.2 Å². The number of cyclic esters (lactones) is 1. The summed E-state index contributed by atoms with van der Waals surface area (Å²) in [5.74, 6) is -0.194. The molecule has 2 aliphatic rings. The van der Waals surface area contributed by atoms with E-state index in [9.17, 15) is 9.59 Å². The van der Waals surface area contributed by atoms with Crippen LogP contribution in [0.1, 0.15) is 5.56 Å². The van der Waals surface area contributed by atoms with E-state index in [0.717, 1.165) is 5.56 Å². The Balaban J connectivity index is 1.71. The van der Waals surface area contributed by atoms with Gasteiger partial charge in [0.25, 0.3) is 0 Å². The fourth-order valence-electron chi connectivity index (χ4n) is 2.32. The predicted octanol–water partition coefficient (Wildman–Crippen LogP) is 1.13. The van der Waals surface area contributed by atoms with Crippen molar-refractivity contribution in [1.29, 1.82) is 0 Å². The molecule has 7 heteroatoms. The van der Waals surface area contributed by atoms with Crippen molar-refractivity contribution in [1.82, 2.24) is 9.80 Å². The molecule has 0 aromatic heterocycles. The molecule has 0 bridgehead atoms. The normalized spacial score (nSPS) is 20.1. The second-order valence-corrected chi connectivity index (χ2v) is 4.99. The number of rotatable bonds is 2. The zero-order valence-corrected chi connectivity index (χ0v) is 11.8. The van der Waals surface area contributed by atoms with Gasteiger partial charge in [-0.15, -0.1) is 0 Å². The topological polar surface area (TPSA) is 82.4 Å². The van der Waals surface area contributed by atoms with Gasteiger partial charge in [0.05, 0.1) is 0 Å². The number of esters is 1. The average Bonchev–Trinajstić information content (AvgIpc) is 2.90. The van der Waals surface area contributed by atoms with Gasteiger partial charge in [0.15, 0.2) is 5.70 Å². The molecule has 1 aromatic rings. The zero-order valence-electron chi connectivity index (χ0n) is 11.8. The summed E-state index contributed by atoms with van der Waals surface area (Å²) < 4.78 is 5.17. The minimum atomic E-state index is -0.919. The van der Waals surface area contributed by atoms with Crippen molar-refractivity contribution in [2.75, 3.05) is 26.2 Å². The molecule has 7 nitrogen and oxygen atoms in total. The van der Waals surface area contributed by atoms with Gasteiger partial charge in [-0.05, 0) is 12.1 Å². The zero-order chi connectivity index (χ0) is 15.5. The summed E-state index contributed by atoms with van der Waals surface area (Å²) in [5, 5.41) is 8.91. The number of aliphatic imine (C=N–C) groups is 1. The number of carbonyl (C=O) groups is 2. The number of amides is 1. The summed E-state index contributed by atoms with van der Waals surface area (Å²) in [7, 11) is 0. The third-order valence-electron chi connectivity index (χ3n) is 3.53. The molecule has 1 amide bonds. The molecule has 0 aliphatic carbocycles. The van der Waals surface area contributed by atoms with Crippen LogP contribution in [0.25, 0.3) is 0 Å². The van der Waals surface area contributed by atoms with E-state index in [4.69, 9.17) is 9.84 Å². The second-order valence-electron chi connectivity index (χ2n) is 4.99. The molecule has 1 saturated heterocycles. The third-order valence-corrected chi connectivity index (χ3v) is 3.53. The van der Waals surface area contributed by atoms with Crippen LogP contribution in [0.4, 0.5) is 4.79 Å². The highest BCUT2D eigenvalue weighted by molar-refractivity contribution is 6.11. The number of benzene rings is 1. The summed E-state index contributed by atoms with van der Waals surface area (Å²) in [4.78, 5) is 30.2. The van der Waals surface area contributed by atoms with Crippen molar-refractivity contribution in [2.24, 2.45) is 4.99 Å². The summed E-state index contributed by atoms with van der Waals surface area (Å²) >= 11 is 0. The molecular weight excluding hydrogens is 286 g/mol. The molecule has 1 N–H and O–H groups in total. The van der Waals surface area contributed by atoms with Gasteiger partial charge in [-0.2, -0.15) is 0 Å². The first-order valence-electron chi connectivity index (χ1n) is 6.93. The maximum absolute atomic E-state index is 11.9. The molecule has 22 heavy (non-hydrogen) atoms. The Morgan fingerprint density at radius 3 is 2.50 bits per heavy atom. The Morgan fingerprint density at radius 1 is 1.18 bits per heavy atom. The number of ether oxygens (including phenoxy) is 1. The predicted molar refractivity (Wildman–Crippen MR) is 78.3 cm³/mol. The van der Waals surface area contributed by atoms with E-state index in [2.05, 4.69) is 4.99 Å². The maximum Gasteiger partial charge on any atom is 0.407 e. The molecule has 0 unspecified atom stereocenters. The van der Waals surface area contributed by atoms with Crippen LogP contribution >= 0.6 is 0 Å². The van der Waals surface area contributed by atoms with Crippen molar-refractivity contribution in [3.8, 4) is 0 Å². The lowest BCUT2D eigenvalue weighted by Crippen LogP contribution is -2.46. The fraction of sp³-hybridized carbons (Fsp3) is 0.267. The van der Waals surface area contributed by atoms with Crippen molar-refractivity contribution >= 4 is 18.0 Å². The molecule has 1 fully saturated rings. The second kappa shape index (κ2) is 5.88. The van der Waals surface area contributed by atoms with Crippen LogP contribution < -0.4 is 0 Å². The molecular formula is C15H15N3O4. The van der Waals surface area contributed by atoms with Crippen LogP contribution in [0.2, 0.25) is 0 Å². The molecule has 114 valence electrons. The van der Waals surface area contributed by atoms with Crippen molar-refractivity contribution < 1.29 is 19.4 Å². The first-order valence-corrected chi connectivity index (χ1v) is 6.93. The van der Waals surface area contributed by atoms with Gasteiger partial charge in [0.1, 0.15) is 0 Å². The number of hydrogen-bond donors (Lipinski definition) is 1. The Kier molecular flexibility index (Phi) is 3.78. The molecule has 1 aromatic carbocycles. The van der Waals surface area contributed by atoms with Gasteiger partial charge >= 0.3 is 12.1 Å². The number of nitrogens with zero attached hydrogens (tertiary/aromatic N) is 3. The fourth-order valence-corrected chi connectivity index (χ4v) is 2.32. The standard InChI is InChI=1S/C15H15N3O4/c19-14-12(10-17-6-8-18(9-7-17)15(20)21)16-13(22-14)11-4-2-1-3-5-11/h1-5,10H,6-9H2,(H,20,21)/b12-10+. The van der Waals surface area contributed by atoms with Crippen LogP contribution in [0, 0.1) is 0 Å². The molecule has 0 saturated carbocycles. The van der Waals surface area contributed by atoms with Crippen LogP contribution in [0.15, 0.2) is 47.2 Å². The number of carbonyl (C=O) groups excluding carboxylic acids is 1. The number of carboxylic acid groups (broad SMARTS) is 1. The number of piperazine rings is 1. The van der Waals surface area contributed by atoms with E-state index in [0.29, 0.717) is 32.1 Å². The molecule has 0 atom stereocenters. The Bertz CT molecular complexity index is 646. The van der Waals surface area contributed by atoms with Gasteiger partial charge in [0.2, 0.25) is 5.90 Å². The summed E-state index contributed by atoms with van der Waals surface area (Å²) in [6.45, 7) is 1.87. The van der Waals surface area contributed by atoms with Gasteiger partial charge in [-0.3, -0.25) is 0 Å². The lowest BCUT2D eigenvalue weighted by atomic mass is 10.2. The summed E-state index contributed by atoms with van der Waals surface area (Å²) in [6, 6.07) is 9.21. The first-order chi connectivity index (χ1) is 10.6. The Labute approximate surface area is 127 Å². The molecule has 0 spiro atoms. The molecule has 2 heterocycles. The first kappa shape index (κ1) is 14.1. The lowest BCUT2D eigenvalue weighted by Gasteiger charge is -2.32. The molecule has 3 rings (SSSR count). The quantitative estimate of drug-likeness (QED) is 0.654. The van der Waals surface area contributed by atoms with E-state index in [1.165, 1.54) is 4.90 Å². The minimum Gasteiger partial charge on any atom is -0.465 e. The Hall–Kier alpha value is -2.83. The summed E-state index contributed by atoms with van der Waals surface area (Å²) in [6.07, 6.45) is 0.717. The lowest BCUT2D eigenvalue weighted by molar-refractivity contribution is -0.130. The van der Waals surface area contributed by atoms with E-state index in [-0.39, 0.29) is 5.70 Å². The summed E-state index contributed by atoms with van der Waals surface area (Å²) in [5.41, 5.74) is 0.984. The van der Waals surface area contributed by atoms with Crippen LogP contribution in [0.5, 0.6) is 0 Å². The number of hydrogen-bond acceptors (Lipinski definition) is 5. The van der Waals surface area contributed by atoms with Crippen LogP contribution in [0.3, 0.4) is 0 Å². The average molecular weight is 301 g/mol. The van der Waals surface area contributed by atoms with E-state index in [1.807, 2.05) is 35.2 Å². The maximum atomic E-state index is 11.9. The van der Waals surface area contributed by atoms with E-state index >= 15 is 0 Å². The minimum absolute atomic E-state index is 0.239. The van der Waals surface area contributed by atoms with Crippen molar-refractivity contribution in [2.45, 2.75) is 0 Å². The largest absolute Gasteiger partial charge is 0.465 e. The third kappa shape index (κ3) is 2.93. The molecule has 0 radical (unpaired) electrons. The monoisotopic (exact) mass is 301 g/mol. The highest BCUT2D eigenvalue weighted by atomic mass is 16.6. The Morgan fingerprint density at radius 2 is 1.86 bits per heavy atom. The van der Waals surface area contributed by atoms with Crippen LogP contribution in [-0.4, -0.2) is 59.0 Å². The van der Waals surface area contributed by atoms with Crippen molar-refractivity contribution in [3.63, 3.8) is 0 Å². The highest BCUT2D eigenvalue weighted by Crippen LogP contribution is 2.17. The van der Waals surface area contributed by atoms with Crippen LogP contribution in [-0.2, 0) is 9.53 Å². The SMILES string of the molecule is O=C1OC(c2ccccc2)=N/C1=C/N1CCN(C(=O)O)CC1. The van der Waals surface area contributed by atoms with Gasteiger partial charge in [-0.25, -0.2) is 14.6 Å². The van der Waals surface area contributed by atoms with Gasteiger partial charge < -0.3 is 19.6 Å². The smallest absolute Gasteiger partial charge is 0.407 e.